The van der Waals surface area contributed by atoms with Crippen LogP contribution in [0.4, 0.5) is 0 Å². The number of cyclic esters (lactones) is 1. The van der Waals surface area contributed by atoms with Gasteiger partial charge in [-0.25, -0.2) is 4.79 Å². The molecular weight excluding hydrogens is 280 g/mol. The molecular formula is C17H22N2O3. The third-order valence-corrected chi connectivity index (χ3v) is 5.20. The van der Waals surface area contributed by atoms with E-state index in [0.717, 1.165) is 55.9 Å². The van der Waals surface area contributed by atoms with Crippen LogP contribution < -0.4 is 5.32 Å². The van der Waals surface area contributed by atoms with Crippen molar-refractivity contribution >= 4 is 5.97 Å². The lowest BCUT2D eigenvalue weighted by atomic mass is 9.95. The molecule has 0 radical (unpaired) electrons. The topological polar surface area (TPSA) is 50.8 Å². The van der Waals surface area contributed by atoms with Crippen LogP contribution >= 0.6 is 0 Å². The van der Waals surface area contributed by atoms with Crippen molar-refractivity contribution in [2.45, 2.75) is 32.1 Å². The van der Waals surface area contributed by atoms with Gasteiger partial charge in [-0.05, 0) is 30.5 Å². The second kappa shape index (κ2) is 5.65. The second-order valence-corrected chi connectivity index (χ2v) is 6.38. The first-order valence-electron chi connectivity index (χ1n) is 8.10. The van der Waals surface area contributed by atoms with Gasteiger partial charge in [-0.2, -0.15) is 0 Å². The van der Waals surface area contributed by atoms with Gasteiger partial charge >= 0.3 is 5.97 Å². The predicted octanol–water partition coefficient (Wildman–Crippen LogP) is 1.40. The molecule has 0 aliphatic carbocycles. The molecule has 2 atom stereocenters. The minimum absolute atomic E-state index is 0.0871. The van der Waals surface area contributed by atoms with Gasteiger partial charge in [0.15, 0.2) is 0 Å². The third-order valence-electron chi connectivity index (χ3n) is 5.20. The van der Waals surface area contributed by atoms with Crippen molar-refractivity contribution in [1.29, 1.82) is 0 Å². The van der Waals surface area contributed by atoms with Crippen molar-refractivity contribution < 1.29 is 14.3 Å². The van der Waals surface area contributed by atoms with E-state index in [9.17, 15) is 4.79 Å². The molecule has 118 valence electrons. The van der Waals surface area contributed by atoms with Crippen LogP contribution in [0.1, 0.15) is 39.6 Å². The molecule has 1 aromatic carbocycles. The Bertz CT molecular complexity index is 602. The normalized spacial score (nSPS) is 28.7. The van der Waals surface area contributed by atoms with E-state index >= 15 is 0 Å². The fourth-order valence-corrected chi connectivity index (χ4v) is 3.84. The van der Waals surface area contributed by atoms with E-state index in [1.165, 1.54) is 5.56 Å². The lowest BCUT2D eigenvalue weighted by Crippen LogP contribution is -2.51. The molecule has 1 N–H and O–H groups in total. The average molecular weight is 302 g/mol. The van der Waals surface area contributed by atoms with Crippen LogP contribution in [0.25, 0.3) is 0 Å². The van der Waals surface area contributed by atoms with E-state index in [-0.39, 0.29) is 12.1 Å². The largest absolute Gasteiger partial charge is 0.457 e. The maximum Gasteiger partial charge on any atom is 0.338 e. The Kier molecular flexibility index (Phi) is 3.64. The standard InChI is InChI=1S/C17H22N2O3/c1-11-13(2-3-14-15(11)10-22-17(14)20)16-9-19-6-5-18-8-12(19)4-7-21-16/h2-3,12,16,18H,4-10H2,1H3/t12-,16+/m0/s1. The summed E-state index contributed by atoms with van der Waals surface area (Å²) in [5, 5.41) is 3.47. The summed E-state index contributed by atoms with van der Waals surface area (Å²) in [6.07, 6.45) is 1.17. The SMILES string of the molecule is Cc1c([C@H]2CN3CCNC[C@@H]3CCO2)ccc2c1COC2=O. The number of carbonyl (C=O) groups is 1. The van der Waals surface area contributed by atoms with Crippen molar-refractivity contribution in [2.75, 3.05) is 32.8 Å². The zero-order valence-electron chi connectivity index (χ0n) is 12.9. The summed E-state index contributed by atoms with van der Waals surface area (Å²) in [6, 6.07) is 4.53. The van der Waals surface area contributed by atoms with Gasteiger partial charge in [0.25, 0.3) is 0 Å². The first-order chi connectivity index (χ1) is 10.7. The highest BCUT2D eigenvalue weighted by Crippen LogP contribution is 2.32. The number of nitrogens with one attached hydrogen (secondary N) is 1. The molecule has 22 heavy (non-hydrogen) atoms. The quantitative estimate of drug-likeness (QED) is 0.795. The molecule has 3 aliphatic rings. The molecule has 1 aromatic rings. The molecule has 4 rings (SSSR count). The van der Waals surface area contributed by atoms with Crippen LogP contribution in [0.3, 0.4) is 0 Å². The molecule has 3 heterocycles. The van der Waals surface area contributed by atoms with Gasteiger partial charge in [-0.1, -0.05) is 6.07 Å². The molecule has 2 saturated heterocycles. The van der Waals surface area contributed by atoms with Crippen LogP contribution in [-0.4, -0.2) is 49.7 Å². The number of carbonyl (C=O) groups excluding carboxylic acids is 1. The summed E-state index contributed by atoms with van der Waals surface area (Å²) in [4.78, 5) is 14.2. The fraction of sp³-hybridized carbons (Fsp3) is 0.588. The molecule has 0 spiro atoms. The summed E-state index contributed by atoms with van der Waals surface area (Å²) in [5.74, 6) is -0.200. The number of benzene rings is 1. The van der Waals surface area contributed by atoms with Gasteiger partial charge in [0.05, 0.1) is 11.7 Å². The Morgan fingerprint density at radius 1 is 1.36 bits per heavy atom. The Labute approximate surface area is 130 Å². The van der Waals surface area contributed by atoms with Crippen LogP contribution in [-0.2, 0) is 16.1 Å². The maximum absolute atomic E-state index is 11.7. The Balaban J connectivity index is 1.63. The first-order valence-corrected chi connectivity index (χ1v) is 8.10. The summed E-state index contributed by atoms with van der Waals surface area (Å²) in [7, 11) is 0. The van der Waals surface area contributed by atoms with Crippen molar-refractivity contribution in [2.24, 2.45) is 0 Å². The molecule has 0 bridgehead atoms. The first kappa shape index (κ1) is 14.2. The second-order valence-electron chi connectivity index (χ2n) is 6.38. The van der Waals surface area contributed by atoms with E-state index in [2.05, 4.69) is 17.1 Å². The highest BCUT2D eigenvalue weighted by atomic mass is 16.5. The fourth-order valence-electron chi connectivity index (χ4n) is 3.84. The van der Waals surface area contributed by atoms with E-state index in [0.29, 0.717) is 12.6 Å². The molecule has 5 nitrogen and oxygen atoms in total. The lowest BCUT2D eigenvalue weighted by molar-refractivity contribution is 0.0509. The maximum atomic E-state index is 11.7. The highest BCUT2D eigenvalue weighted by Gasteiger charge is 2.31. The molecule has 0 aromatic heterocycles. The van der Waals surface area contributed by atoms with Gasteiger partial charge < -0.3 is 14.8 Å². The zero-order valence-corrected chi connectivity index (χ0v) is 12.9. The number of hydrogen-bond donors (Lipinski definition) is 1. The van der Waals surface area contributed by atoms with Crippen LogP contribution in [0, 0.1) is 6.92 Å². The number of fused-ring (bicyclic) bond motifs is 2. The Morgan fingerprint density at radius 3 is 3.18 bits per heavy atom. The number of piperazine rings is 1. The molecule has 0 saturated carbocycles. The Hall–Kier alpha value is -1.43. The summed E-state index contributed by atoms with van der Waals surface area (Å²) in [6.45, 7) is 7.39. The van der Waals surface area contributed by atoms with Crippen molar-refractivity contribution in [3.05, 3.63) is 34.4 Å². The smallest absolute Gasteiger partial charge is 0.338 e. The van der Waals surface area contributed by atoms with E-state index < -0.39 is 0 Å². The molecule has 0 amide bonds. The number of esters is 1. The third kappa shape index (κ3) is 2.33. The monoisotopic (exact) mass is 302 g/mol. The Morgan fingerprint density at radius 2 is 2.27 bits per heavy atom. The summed E-state index contributed by atoms with van der Waals surface area (Å²) in [5.41, 5.74) is 4.11. The summed E-state index contributed by atoms with van der Waals surface area (Å²) < 4.78 is 11.3. The predicted molar refractivity (Wildman–Crippen MR) is 81.8 cm³/mol. The zero-order chi connectivity index (χ0) is 15.1. The van der Waals surface area contributed by atoms with Gasteiger partial charge in [0.1, 0.15) is 6.61 Å². The number of ether oxygens (including phenoxy) is 2. The minimum Gasteiger partial charge on any atom is -0.457 e. The van der Waals surface area contributed by atoms with E-state index in [1.807, 2.05) is 12.1 Å². The molecule has 0 unspecified atom stereocenters. The van der Waals surface area contributed by atoms with Crippen LogP contribution in [0.2, 0.25) is 0 Å². The van der Waals surface area contributed by atoms with Gasteiger partial charge in [-0.15, -0.1) is 0 Å². The lowest BCUT2D eigenvalue weighted by Gasteiger charge is -2.35. The van der Waals surface area contributed by atoms with Crippen LogP contribution in [0.15, 0.2) is 12.1 Å². The van der Waals surface area contributed by atoms with Crippen molar-refractivity contribution in [3.63, 3.8) is 0 Å². The highest BCUT2D eigenvalue weighted by molar-refractivity contribution is 5.93. The van der Waals surface area contributed by atoms with Crippen molar-refractivity contribution in [1.82, 2.24) is 10.2 Å². The number of nitrogens with zero attached hydrogens (tertiary/aromatic N) is 1. The minimum atomic E-state index is -0.200. The molecule has 5 heteroatoms. The summed E-state index contributed by atoms with van der Waals surface area (Å²) >= 11 is 0. The van der Waals surface area contributed by atoms with Gasteiger partial charge in [-0.3, -0.25) is 4.90 Å². The van der Waals surface area contributed by atoms with Crippen LogP contribution in [0.5, 0.6) is 0 Å². The van der Waals surface area contributed by atoms with Gasteiger partial charge in [0, 0.05) is 44.4 Å². The number of rotatable bonds is 1. The van der Waals surface area contributed by atoms with Gasteiger partial charge in [0.2, 0.25) is 0 Å². The number of hydrogen-bond acceptors (Lipinski definition) is 5. The molecule has 2 fully saturated rings. The van der Waals surface area contributed by atoms with E-state index in [1.54, 1.807) is 0 Å². The molecule has 3 aliphatic heterocycles. The van der Waals surface area contributed by atoms with E-state index in [4.69, 9.17) is 9.47 Å². The average Bonchev–Trinajstić information content (AvgIpc) is 2.79. The van der Waals surface area contributed by atoms with Crippen molar-refractivity contribution in [3.8, 4) is 0 Å².